The summed E-state index contributed by atoms with van der Waals surface area (Å²) in [6.45, 7) is 0. The van der Waals surface area contributed by atoms with Crippen molar-refractivity contribution in [3.8, 4) is 0 Å². The zero-order valence-electron chi connectivity index (χ0n) is 16.8. The van der Waals surface area contributed by atoms with Gasteiger partial charge in [-0.2, -0.15) is 0 Å². The van der Waals surface area contributed by atoms with Crippen LogP contribution in [0.3, 0.4) is 0 Å². The smallest absolute Gasteiger partial charge is 0.263 e. The molecule has 13 heteroatoms. The number of sulfonamides is 2. The Kier molecular flexibility index (Phi) is 5.97. The van der Waals surface area contributed by atoms with Crippen LogP contribution in [0.25, 0.3) is 11.0 Å². The molecule has 0 atom stereocenters. The third kappa shape index (κ3) is 5.08. The third-order valence-corrected chi connectivity index (χ3v) is 6.82. The van der Waals surface area contributed by atoms with Crippen molar-refractivity contribution in [2.24, 2.45) is 5.14 Å². The number of rotatable bonds is 7. The summed E-state index contributed by atoms with van der Waals surface area (Å²) in [5.41, 5.74) is 2.14. The van der Waals surface area contributed by atoms with Gasteiger partial charge in [0.25, 0.3) is 10.0 Å². The molecule has 0 amide bonds. The quantitative estimate of drug-likeness (QED) is 0.224. The predicted octanol–water partition coefficient (Wildman–Crippen LogP) is 1.51. The number of nitrogens with one attached hydrogen (secondary N) is 2. The number of hydrogen-bond donors (Lipinski definition) is 4. The number of para-hydroxylation sites is 2. The van der Waals surface area contributed by atoms with Crippen LogP contribution in [0.2, 0.25) is 0 Å². The number of nitrogens with zero attached hydrogens (tertiary/aromatic N) is 2. The van der Waals surface area contributed by atoms with E-state index >= 15 is 0 Å². The van der Waals surface area contributed by atoms with Crippen molar-refractivity contribution in [2.75, 3.05) is 10.0 Å². The molecule has 4 aromatic rings. The number of nitrogens with two attached hydrogens (primary N) is 2. The summed E-state index contributed by atoms with van der Waals surface area (Å²) in [7, 11) is -7.96. The van der Waals surface area contributed by atoms with E-state index in [0.717, 1.165) is 0 Å². The van der Waals surface area contributed by atoms with Gasteiger partial charge >= 0.3 is 0 Å². The Morgan fingerprint density at radius 3 is 2.03 bits per heavy atom. The van der Waals surface area contributed by atoms with Crippen LogP contribution in [0.15, 0.2) is 82.6 Å². The number of aromatic nitrogens is 2. The van der Waals surface area contributed by atoms with E-state index in [2.05, 4.69) is 20.0 Å². The average Bonchev–Trinajstić information content (AvgIpc) is 2.79. The summed E-state index contributed by atoms with van der Waals surface area (Å²) in [6, 6.07) is 18.0. The molecule has 0 saturated heterocycles. The first-order valence-corrected chi connectivity index (χ1v) is 12.4. The number of benzene rings is 3. The minimum atomic E-state index is -4.10. The number of fused-ring (bicyclic) bond motifs is 1. The van der Waals surface area contributed by atoms with E-state index in [4.69, 9.17) is 5.14 Å². The van der Waals surface area contributed by atoms with E-state index in [0.29, 0.717) is 22.2 Å². The fourth-order valence-electron chi connectivity index (χ4n) is 2.96. The van der Waals surface area contributed by atoms with Crippen LogP contribution in [0, 0.1) is 5.21 Å². The highest BCUT2D eigenvalue weighted by Gasteiger charge is 2.20. The van der Waals surface area contributed by atoms with Gasteiger partial charge in [-0.25, -0.2) is 31.9 Å². The average molecular weight is 487 g/mol. The normalized spacial score (nSPS) is 11.9. The Bertz CT molecular complexity index is 1540. The van der Waals surface area contributed by atoms with Crippen molar-refractivity contribution in [1.29, 1.82) is 0 Å². The molecule has 0 aliphatic heterocycles. The van der Waals surface area contributed by atoms with Crippen molar-refractivity contribution >= 4 is 54.1 Å². The van der Waals surface area contributed by atoms with Crippen molar-refractivity contribution < 1.29 is 22.3 Å². The minimum Gasteiger partial charge on any atom is -0.630 e. The van der Waals surface area contributed by atoms with Gasteiger partial charge in [-0.1, -0.05) is 18.2 Å². The van der Waals surface area contributed by atoms with Crippen LogP contribution in [0.4, 0.5) is 23.0 Å². The largest absolute Gasteiger partial charge is 0.630 e. The van der Waals surface area contributed by atoms with E-state index in [1.807, 2.05) is 0 Å². The molecule has 6 N–H and O–H groups in total. The van der Waals surface area contributed by atoms with Crippen LogP contribution in [-0.2, 0) is 20.0 Å². The second-order valence-corrected chi connectivity index (χ2v) is 10.1. The van der Waals surface area contributed by atoms with Gasteiger partial charge in [0.15, 0.2) is 11.6 Å². The van der Waals surface area contributed by atoms with E-state index < -0.39 is 20.0 Å². The summed E-state index contributed by atoms with van der Waals surface area (Å²) in [6.07, 6.45) is 0. The second kappa shape index (κ2) is 8.73. The number of hydrogen-bond acceptors (Lipinski definition) is 8. The molecule has 0 spiro atoms. The van der Waals surface area contributed by atoms with Gasteiger partial charge in [-0.3, -0.25) is 4.72 Å². The maximum absolute atomic E-state index is 13.0. The Hall–Kier alpha value is -3.62. The van der Waals surface area contributed by atoms with E-state index in [1.54, 1.807) is 24.3 Å². The Balaban J connectivity index is 1.75. The van der Waals surface area contributed by atoms with Crippen molar-refractivity contribution in [3.05, 3.63) is 78.0 Å². The summed E-state index contributed by atoms with van der Waals surface area (Å²) < 4.78 is 51.3. The van der Waals surface area contributed by atoms with Crippen molar-refractivity contribution in [3.63, 3.8) is 0 Å². The van der Waals surface area contributed by atoms with Gasteiger partial charge in [0, 0.05) is 11.8 Å². The standard InChI is InChI=1S/C20H18N6O5S2/c21-32(28,29)15-10-8-13(9-11-15)22-19-20(24-18-7-2-1-6-17(18)23-19)26-33(30,31)16-5-3-4-14(12-16)25-27/h1-12H,25H2,(H,22,23)(H,24,26)(H2,21,28,29). The minimum absolute atomic E-state index is 0.0753. The van der Waals surface area contributed by atoms with Crippen LogP contribution < -0.4 is 20.7 Å². The first-order chi connectivity index (χ1) is 15.7. The summed E-state index contributed by atoms with van der Waals surface area (Å²) >= 11 is 0. The van der Waals surface area contributed by atoms with E-state index in [1.165, 1.54) is 48.5 Å². The van der Waals surface area contributed by atoms with Gasteiger partial charge in [0.2, 0.25) is 10.0 Å². The molecule has 0 radical (unpaired) electrons. The Morgan fingerprint density at radius 1 is 0.788 bits per heavy atom. The fourth-order valence-corrected chi connectivity index (χ4v) is 4.54. The predicted molar refractivity (Wildman–Crippen MR) is 123 cm³/mol. The molecule has 11 nitrogen and oxygen atoms in total. The van der Waals surface area contributed by atoms with E-state index in [9.17, 15) is 22.0 Å². The topological polar surface area (TPSA) is 184 Å². The van der Waals surface area contributed by atoms with Crippen LogP contribution in [0.5, 0.6) is 0 Å². The number of primary sulfonamides is 1. The van der Waals surface area contributed by atoms with Gasteiger partial charge in [-0.15, -0.1) is 0 Å². The molecule has 1 aromatic heterocycles. The molecular weight excluding hydrogens is 468 g/mol. The lowest BCUT2D eigenvalue weighted by atomic mass is 10.3. The number of anilines is 3. The second-order valence-electron chi connectivity index (χ2n) is 6.90. The molecule has 0 saturated carbocycles. The fraction of sp³-hybridized carbons (Fsp3) is 0. The zero-order chi connectivity index (χ0) is 23.6. The molecule has 0 aliphatic rings. The molecule has 33 heavy (non-hydrogen) atoms. The Morgan fingerprint density at radius 2 is 1.42 bits per heavy atom. The molecule has 0 aliphatic carbocycles. The molecule has 0 unspecified atom stereocenters. The maximum atomic E-state index is 13.0. The van der Waals surface area contributed by atoms with Gasteiger partial charge in [-0.05, 0) is 48.5 Å². The van der Waals surface area contributed by atoms with Crippen LogP contribution >= 0.6 is 0 Å². The summed E-state index contributed by atoms with van der Waals surface area (Å²) in [4.78, 5) is 8.64. The van der Waals surface area contributed by atoms with Crippen molar-refractivity contribution in [2.45, 2.75) is 9.79 Å². The van der Waals surface area contributed by atoms with Gasteiger partial charge in [0.1, 0.15) is 5.69 Å². The highest BCUT2D eigenvalue weighted by Crippen LogP contribution is 2.27. The first-order valence-electron chi connectivity index (χ1n) is 9.40. The van der Waals surface area contributed by atoms with Crippen LogP contribution in [0.1, 0.15) is 0 Å². The van der Waals surface area contributed by atoms with Gasteiger partial charge < -0.3 is 16.0 Å². The molecule has 0 fully saturated rings. The molecular formula is C20H18N6O5S2. The summed E-state index contributed by atoms with van der Waals surface area (Å²) in [5.74, 6) is 0.00732. The lowest BCUT2D eigenvalue weighted by Gasteiger charge is -2.14. The summed E-state index contributed by atoms with van der Waals surface area (Å²) in [5, 5.41) is 19.1. The lowest BCUT2D eigenvalue weighted by Crippen LogP contribution is -2.70. The maximum Gasteiger partial charge on any atom is 0.263 e. The monoisotopic (exact) mass is 486 g/mol. The number of quaternary nitrogens is 1. The SMILES string of the molecule is NS(=O)(=O)c1ccc(Nc2nc3ccccc3nc2NS(=O)(=O)c2cccc([NH2+][O-])c2)cc1. The van der Waals surface area contributed by atoms with Crippen molar-refractivity contribution in [1.82, 2.24) is 9.97 Å². The molecule has 4 rings (SSSR count). The highest BCUT2D eigenvalue weighted by molar-refractivity contribution is 7.92. The molecule has 170 valence electrons. The Labute approximate surface area is 189 Å². The highest BCUT2D eigenvalue weighted by atomic mass is 32.2. The molecule has 3 aromatic carbocycles. The first kappa shape index (κ1) is 22.6. The molecule has 0 bridgehead atoms. The van der Waals surface area contributed by atoms with Gasteiger partial charge in [0.05, 0.1) is 20.8 Å². The van der Waals surface area contributed by atoms with Crippen LogP contribution in [-0.4, -0.2) is 26.8 Å². The van der Waals surface area contributed by atoms with E-state index in [-0.39, 0.29) is 27.1 Å². The zero-order valence-corrected chi connectivity index (χ0v) is 18.5. The lowest BCUT2D eigenvalue weighted by molar-refractivity contribution is -0.497. The third-order valence-electron chi connectivity index (χ3n) is 4.55. The molecule has 1 heterocycles.